The Kier molecular flexibility index (Phi) is 4.40. The number of nitrogens with one attached hydrogen (secondary N) is 1. The van der Waals surface area contributed by atoms with Crippen LogP contribution in [-0.2, 0) is 6.54 Å². The van der Waals surface area contributed by atoms with Crippen LogP contribution in [0.5, 0.6) is 0 Å². The van der Waals surface area contributed by atoms with E-state index in [1.165, 1.54) is 6.42 Å². The van der Waals surface area contributed by atoms with Crippen LogP contribution in [0.3, 0.4) is 0 Å². The van der Waals surface area contributed by atoms with Crippen molar-refractivity contribution in [2.45, 2.75) is 39.7 Å². The van der Waals surface area contributed by atoms with Gasteiger partial charge in [0.2, 0.25) is 0 Å². The summed E-state index contributed by atoms with van der Waals surface area (Å²) in [4.78, 5) is 9.86. The van der Waals surface area contributed by atoms with Crippen LogP contribution in [0.25, 0.3) is 0 Å². The monoisotopic (exact) mass is 251 g/mol. The number of imidazole rings is 1. The van der Waals surface area contributed by atoms with E-state index < -0.39 is 0 Å². The molecule has 1 atom stereocenters. The van der Waals surface area contributed by atoms with Crippen molar-refractivity contribution in [2.24, 2.45) is 11.3 Å². The molecular formula is C14H25N3O. The molecule has 0 amide bonds. The smallest absolute Gasteiger partial charge is 0.120 e. The fourth-order valence-corrected chi connectivity index (χ4v) is 3.27. The van der Waals surface area contributed by atoms with Gasteiger partial charge in [-0.05, 0) is 31.7 Å². The van der Waals surface area contributed by atoms with Crippen LogP contribution < -0.4 is 0 Å². The van der Waals surface area contributed by atoms with Crippen molar-refractivity contribution < 1.29 is 5.11 Å². The number of hydrogen-bond acceptors (Lipinski definition) is 3. The van der Waals surface area contributed by atoms with E-state index in [0.717, 1.165) is 38.3 Å². The molecule has 1 saturated heterocycles. The molecule has 0 aliphatic carbocycles. The number of H-pyrrole nitrogens is 1. The van der Waals surface area contributed by atoms with Gasteiger partial charge in [-0.15, -0.1) is 0 Å². The Labute approximate surface area is 109 Å². The van der Waals surface area contributed by atoms with Crippen molar-refractivity contribution in [1.29, 1.82) is 0 Å². The number of aliphatic hydroxyl groups excluding tert-OH is 1. The minimum absolute atomic E-state index is 0.0962. The number of aromatic nitrogens is 2. The van der Waals surface area contributed by atoms with E-state index in [0.29, 0.717) is 12.5 Å². The lowest BCUT2D eigenvalue weighted by Gasteiger charge is -2.42. The Balaban J connectivity index is 1.98. The molecule has 2 rings (SSSR count). The van der Waals surface area contributed by atoms with Gasteiger partial charge >= 0.3 is 0 Å². The molecule has 0 radical (unpaired) electrons. The summed E-state index contributed by atoms with van der Waals surface area (Å²) >= 11 is 0. The van der Waals surface area contributed by atoms with E-state index in [2.05, 4.69) is 28.7 Å². The number of aromatic amines is 1. The van der Waals surface area contributed by atoms with Crippen molar-refractivity contribution in [2.75, 3.05) is 19.7 Å². The fraction of sp³-hybridized carbons (Fsp3) is 0.786. The van der Waals surface area contributed by atoms with E-state index in [-0.39, 0.29) is 5.41 Å². The van der Waals surface area contributed by atoms with E-state index in [9.17, 15) is 5.11 Å². The number of piperidine rings is 1. The highest BCUT2D eigenvalue weighted by Crippen LogP contribution is 2.36. The molecular weight excluding hydrogens is 226 g/mol. The summed E-state index contributed by atoms with van der Waals surface area (Å²) < 4.78 is 0. The van der Waals surface area contributed by atoms with Gasteiger partial charge < -0.3 is 10.1 Å². The normalized spacial score (nSPS) is 25.8. The van der Waals surface area contributed by atoms with Gasteiger partial charge in [0.25, 0.3) is 0 Å². The summed E-state index contributed by atoms with van der Waals surface area (Å²) in [7, 11) is 0. The SMILES string of the molecule is CC(C)CC1(CO)CCCN(Cc2ncc[nH]2)C1. The molecule has 4 nitrogen and oxygen atoms in total. The molecule has 2 N–H and O–H groups in total. The van der Waals surface area contributed by atoms with Crippen molar-refractivity contribution in [3.05, 3.63) is 18.2 Å². The topological polar surface area (TPSA) is 52.1 Å². The highest BCUT2D eigenvalue weighted by molar-refractivity contribution is 4.92. The van der Waals surface area contributed by atoms with Crippen molar-refractivity contribution in [3.63, 3.8) is 0 Å². The predicted octanol–water partition coefficient (Wildman–Crippen LogP) is 2.03. The van der Waals surface area contributed by atoms with Crippen LogP contribution in [0.2, 0.25) is 0 Å². The summed E-state index contributed by atoms with van der Waals surface area (Å²) in [5.74, 6) is 1.66. The molecule has 0 aromatic carbocycles. The molecule has 4 heteroatoms. The summed E-state index contributed by atoms with van der Waals surface area (Å²) in [5.41, 5.74) is 0.0962. The van der Waals surface area contributed by atoms with Gasteiger partial charge in [0.1, 0.15) is 5.82 Å². The lowest BCUT2D eigenvalue weighted by atomic mass is 9.74. The van der Waals surface area contributed by atoms with E-state index >= 15 is 0 Å². The molecule has 1 aliphatic heterocycles. The third-order valence-corrected chi connectivity index (χ3v) is 3.85. The predicted molar refractivity (Wildman–Crippen MR) is 72.1 cm³/mol. The Hall–Kier alpha value is -0.870. The molecule has 18 heavy (non-hydrogen) atoms. The molecule has 0 bridgehead atoms. The molecule has 1 fully saturated rings. The molecule has 1 aromatic rings. The van der Waals surface area contributed by atoms with Crippen LogP contribution in [0, 0.1) is 11.3 Å². The zero-order valence-corrected chi connectivity index (χ0v) is 11.5. The lowest BCUT2D eigenvalue weighted by Crippen LogP contribution is -2.45. The average Bonchev–Trinajstić information content (AvgIpc) is 2.81. The van der Waals surface area contributed by atoms with Gasteiger partial charge in [-0.1, -0.05) is 13.8 Å². The quantitative estimate of drug-likeness (QED) is 0.842. The Morgan fingerprint density at radius 1 is 1.56 bits per heavy atom. The number of nitrogens with zero attached hydrogens (tertiary/aromatic N) is 2. The first kappa shape index (κ1) is 13.6. The van der Waals surface area contributed by atoms with Gasteiger partial charge in [-0.2, -0.15) is 0 Å². The van der Waals surface area contributed by atoms with Gasteiger partial charge in [0.15, 0.2) is 0 Å². The molecule has 102 valence electrons. The van der Waals surface area contributed by atoms with Crippen molar-refractivity contribution >= 4 is 0 Å². The summed E-state index contributed by atoms with van der Waals surface area (Å²) in [6, 6.07) is 0. The Morgan fingerprint density at radius 3 is 3.00 bits per heavy atom. The minimum atomic E-state index is 0.0962. The Bertz CT molecular complexity index is 350. The third kappa shape index (κ3) is 3.33. The molecule has 1 aliphatic rings. The highest BCUT2D eigenvalue weighted by atomic mass is 16.3. The van der Waals surface area contributed by atoms with Crippen LogP contribution in [0.4, 0.5) is 0 Å². The molecule has 1 unspecified atom stereocenters. The molecule has 1 aromatic heterocycles. The summed E-state index contributed by atoms with van der Waals surface area (Å²) in [6.07, 6.45) is 7.10. The largest absolute Gasteiger partial charge is 0.396 e. The first-order valence-corrected chi connectivity index (χ1v) is 6.95. The van der Waals surface area contributed by atoms with Gasteiger partial charge in [-0.3, -0.25) is 4.90 Å². The molecule has 2 heterocycles. The summed E-state index contributed by atoms with van der Waals surface area (Å²) in [6.45, 7) is 7.75. The van der Waals surface area contributed by atoms with Crippen molar-refractivity contribution in [3.8, 4) is 0 Å². The third-order valence-electron chi connectivity index (χ3n) is 3.85. The van der Waals surface area contributed by atoms with Crippen LogP contribution >= 0.6 is 0 Å². The standard InChI is InChI=1S/C14H25N3O/c1-12(2)8-14(11-18)4-3-7-17(10-14)9-13-15-5-6-16-13/h5-6,12,18H,3-4,7-11H2,1-2H3,(H,15,16). The minimum Gasteiger partial charge on any atom is -0.396 e. The zero-order valence-electron chi connectivity index (χ0n) is 11.5. The summed E-state index contributed by atoms with van der Waals surface area (Å²) in [5, 5.41) is 9.78. The van der Waals surface area contributed by atoms with Crippen LogP contribution in [-0.4, -0.2) is 39.7 Å². The second-order valence-corrected chi connectivity index (χ2v) is 6.11. The fourth-order valence-electron chi connectivity index (χ4n) is 3.27. The van der Waals surface area contributed by atoms with E-state index in [1.54, 1.807) is 6.20 Å². The molecule has 0 spiro atoms. The Morgan fingerprint density at radius 2 is 2.39 bits per heavy atom. The highest BCUT2D eigenvalue weighted by Gasteiger charge is 2.35. The second-order valence-electron chi connectivity index (χ2n) is 6.11. The maximum absolute atomic E-state index is 9.78. The van der Waals surface area contributed by atoms with E-state index in [1.807, 2.05) is 6.20 Å². The first-order chi connectivity index (χ1) is 8.63. The number of hydrogen-bond donors (Lipinski definition) is 2. The maximum atomic E-state index is 9.78. The van der Waals surface area contributed by atoms with Gasteiger partial charge in [0, 0.05) is 31.0 Å². The van der Waals surface area contributed by atoms with Crippen LogP contribution in [0.1, 0.15) is 38.9 Å². The number of rotatable bonds is 5. The second kappa shape index (κ2) is 5.85. The van der Waals surface area contributed by atoms with Gasteiger partial charge in [-0.25, -0.2) is 4.98 Å². The average molecular weight is 251 g/mol. The van der Waals surface area contributed by atoms with Crippen molar-refractivity contribution in [1.82, 2.24) is 14.9 Å². The van der Waals surface area contributed by atoms with Gasteiger partial charge in [0.05, 0.1) is 6.54 Å². The number of likely N-dealkylation sites (tertiary alicyclic amines) is 1. The lowest BCUT2D eigenvalue weighted by molar-refractivity contribution is 0.0124. The van der Waals surface area contributed by atoms with Crippen LogP contribution in [0.15, 0.2) is 12.4 Å². The zero-order chi connectivity index (χ0) is 13.0. The first-order valence-electron chi connectivity index (χ1n) is 6.95. The molecule has 0 saturated carbocycles. The van der Waals surface area contributed by atoms with E-state index in [4.69, 9.17) is 0 Å². The number of aliphatic hydroxyl groups is 1. The maximum Gasteiger partial charge on any atom is 0.120 e.